The normalized spacial score (nSPS) is 16.0. The molecule has 1 atom stereocenters. The van der Waals surface area contributed by atoms with Crippen LogP contribution < -0.4 is 15.5 Å². The zero-order valence-corrected chi connectivity index (χ0v) is 13.4. The van der Waals surface area contributed by atoms with Crippen molar-refractivity contribution in [2.24, 2.45) is 0 Å². The molecule has 0 bridgehead atoms. The molecule has 1 aliphatic heterocycles. The molecule has 116 valence electrons. The van der Waals surface area contributed by atoms with Crippen LogP contribution in [-0.4, -0.2) is 31.6 Å². The highest BCUT2D eigenvalue weighted by Gasteiger charge is 2.14. The van der Waals surface area contributed by atoms with Gasteiger partial charge in [0.15, 0.2) is 0 Å². The predicted molar refractivity (Wildman–Crippen MR) is 89.0 cm³/mol. The van der Waals surface area contributed by atoms with Crippen molar-refractivity contribution < 1.29 is 4.79 Å². The summed E-state index contributed by atoms with van der Waals surface area (Å²) >= 11 is 0. The van der Waals surface area contributed by atoms with Crippen LogP contribution in [0.1, 0.15) is 38.7 Å². The SMILES string of the molecule is CCNC(C)CC(=O)Nc1ccc(N2CCCC2)cc1C. The van der Waals surface area contributed by atoms with Gasteiger partial charge in [-0.25, -0.2) is 0 Å². The summed E-state index contributed by atoms with van der Waals surface area (Å²) in [5.41, 5.74) is 3.32. The third-order valence-corrected chi connectivity index (χ3v) is 4.00. The van der Waals surface area contributed by atoms with Crippen LogP contribution in [-0.2, 0) is 4.79 Å². The van der Waals surface area contributed by atoms with Gasteiger partial charge in [0, 0.05) is 36.9 Å². The lowest BCUT2D eigenvalue weighted by molar-refractivity contribution is -0.116. The smallest absolute Gasteiger partial charge is 0.225 e. The molecule has 0 aliphatic carbocycles. The molecule has 1 fully saturated rings. The minimum Gasteiger partial charge on any atom is -0.372 e. The van der Waals surface area contributed by atoms with E-state index in [1.54, 1.807) is 0 Å². The Morgan fingerprint density at radius 3 is 2.67 bits per heavy atom. The minimum absolute atomic E-state index is 0.0699. The summed E-state index contributed by atoms with van der Waals surface area (Å²) in [6, 6.07) is 6.52. The van der Waals surface area contributed by atoms with Crippen molar-refractivity contribution in [3.05, 3.63) is 23.8 Å². The molecule has 0 aromatic heterocycles. The highest BCUT2D eigenvalue weighted by atomic mass is 16.1. The monoisotopic (exact) mass is 289 g/mol. The molecule has 1 unspecified atom stereocenters. The van der Waals surface area contributed by atoms with E-state index in [1.807, 2.05) is 13.0 Å². The highest BCUT2D eigenvalue weighted by molar-refractivity contribution is 5.92. The van der Waals surface area contributed by atoms with Crippen molar-refractivity contribution >= 4 is 17.3 Å². The highest BCUT2D eigenvalue weighted by Crippen LogP contribution is 2.25. The van der Waals surface area contributed by atoms with Crippen LogP contribution in [0.4, 0.5) is 11.4 Å². The molecule has 4 heteroatoms. The molecule has 1 heterocycles. The molecule has 1 aromatic rings. The summed E-state index contributed by atoms with van der Waals surface area (Å²) in [5, 5.41) is 6.28. The summed E-state index contributed by atoms with van der Waals surface area (Å²) in [4.78, 5) is 14.4. The van der Waals surface area contributed by atoms with E-state index < -0.39 is 0 Å². The number of amides is 1. The fourth-order valence-electron chi connectivity index (χ4n) is 2.86. The first-order valence-corrected chi connectivity index (χ1v) is 7.99. The average Bonchev–Trinajstić information content (AvgIpc) is 2.95. The number of anilines is 2. The van der Waals surface area contributed by atoms with Crippen LogP contribution in [0.2, 0.25) is 0 Å². The lowest BCUT2D eigenvalue weighted by atomic mass is 10.1. The molecular formula is C17H27N3O. The number of hydrogen-bond acceptors (Lipinski definition) is 3. The van der Waals surface area contributed by atoms with Crippen molar-refractivity contribution in [3.63, 3.8) is 0 Å². The van der Waals surface area contributed by atoms with Gasteiger partial charge in [-0.1, -0.05) is 6.92 Å². The Balaban J connectivity index is 1.95. The zero-order chi connectivity index (χ0) is 15.2. The largest absolute Gasteiger partial charge is 0.372 e. The molecule has 4 nitrogen and oxygen atoms in total. The number of nitrogens with zero attached hydrogens (tertiary/aromatic N) is 1. The second kappa shape index (κ2) is 7.46. The van der Waals surface area contributed by atoms with Gasteiger partial charge < -0.3 is 15.5 Å². The van der Waals surface area contributed by atoms with Crippen molar-refractivity contribution in [2.75, 3.05) is 29.9 Å². The van der Waals surface area contributed by atoms with Crippen LogP contribution in [0, 0.1) is 6.92 Å². The summed E-state index contributed by atoms with van der Waals surface area (Å²) in [7, 11) is 0. The van der Waals surface area contributed by atoms with Crippen LogP contribution >= 0.6 is 0 Å². The van der Waals surface area contributed by atoms with Gasteiger partial charge in [0.25, 0.3) is 0 Å². The second-order valence-electron chi connectivity index (χ2n) is 5.90. The number of rotatable bonds is 6. The van der Waals surface area contributed by atoms with E-state index in [2.05, 4.69) is 41.5 Å². The number of nitrogens with one attached hydrogen (secondary N) is 2. The number of hydrogen-bond donors (Lipinski definition) is 2. The molecule has 0 saturated carbocycles. The Morgan fingerprint density at radius 1 is 1.33 bits per heavy atom. The van der Waals surface area contributed by atoms with E-state index in [0.717, 1.165) is 30.9 Å². The molecule has 2 N–H and O–H groups in total. The van der Waals surface area contributed by atoms with Crippen molar-refractivity contribution in [1.82, 2.24) is 5.32 Å². The first-order chi connectivity index (χ1) is 10.1. The Hall–Kier alpha value is -1.55. The molecule has 1 saturated heterocycles. The molecule has 0 radical (unpaired) electrons. The zero-order valence-electron chi connectivity index (χ0n) is 13.4. The van der Waals surface area contributed by atoms with Gasteiger partial charge in [0.05, 0.1) is 0 Å². The lowest BCUT2D eigenvalue weighted by Gasteiger charge is -2.19. The third kappa shape index (κ3) is 4.46. The Kier molecular flexibility index (Phi) is 5.62. The number of aryl methyl sites for hydroxylation is 1. The summed E-state index contributed by atoms with van der Waals surface area (Å²) in [5.74, 6) is 0.0699. The van der Waals surface area contributed by atoms with Crippen molar-refractivity contribution in [1.29, 1.82) is 0 Å². The molecular weight excluding hydrogens is 262 g/mol. The van der Waals surface area contributed by atoms with Crippen LogP contribution in [0.5, 0.6) is 0 Å². The average molecular weight is 289 g/mol. The van der Waals surface area contributed by atoms with Gasteiger partial charge in [0.1, 0.15) is 0 Å². The summed E-state index contributed by atoms with van der Waals surface area (Å²) < 4.78 is 0. The molecule has 1 amide bonds. The van der Waals surface area contributed by atoms with E-state index in [1.165, 1.54) is 18.5 Å². The molecule has 0 spiro atoms. The maximum Gasteiger partial charge on any atom is 0.225 e. The predicted octanol–water partition coefficient (Wildman–Crippen LogP) is 2.92. The minimum atomic E-state index is 0.0699. The quantitative estimate of drug-likeness (QED) is 0.846. The fraction of sp³-hybridized carbons (Fsp3) is 0.588. The van der Waals surface area contributed by atoms with E-state index in [9.17, 15) is 4.79 Å². The van der Waals surface area contributed by atoms with Gasteiger partial charge >= 0.3 is 0 Å². The first kappa shape index (κ1) is 15.8. The lowest BCUT2D eigenvalue weighted by Crippen LogP contribution is -2.30. The fourth-order valence-corrected chi connectivity index (χ4v) is 2.86. The molecule has 2 rings (SSSR count). The second-order valence-corrected chi connectivity index (χ2v) is 5.90. The van der Waals surface area contributed by atoms with Gasteiger partial charge in [-0.15, -0.1) is 0 Å². The van der Waals surface area contributed by atoms with E-state index >= 15 is 0 Å². The van der Waals surface area contributed by atoms with E-state index in [0.29, 0.717) is 6.42 Å². The Bertz CT molecular complexity index is 481. The maximum atomic E-state index is 12.0. The van der Waals surface area contributed by atoms with Crippen LogP contribution in [0.3, 0.4) is 0 Å². The van der Waals surface area contributed by atoms with Gasteiger partial charge in [-0.2, -0.15) is 0 Å². The summed E-state index contributed by atoms with van der Waals surface area (Å²) in [6.45, 7) is 9.32. The van der Waals surface area contributed by atoms with E-state index in [4.69, 9.17) is 0 Å². The van der Waals surface area contributed by atoms with Crippen LogP contribution in [0.25, 0.3) is 0 Å². The third-order valence-electron chi connectivity index (χ3n) is 4.00. The molecule has 1 aromatic carbocycles. The molecule has 21 heavy (non-hydrogen) atoms. The number of carbonyl (C=O) groups is 1. The topological polar surface area (TPSA) is 44.4 Å². The van der Waals surface area contributed by atoms with Crippen molar-refractivity contribution in [3.8, 4) is 0 Å². The van der Waals surface area contributed by atoms with E-state index in [-0.39, 0.29) is 11.9 Å². The Morgan fingerprint density at radius 2 is 2.05 bits per heavy atom. The number of benzene rings is 1. The standard InChI is InChI=1S/C17H27N3O/c1-4-18-14(3)12-17(21)19-16-8-7-15(11-13(16)2)20-9-5-6-10-20/h7-8,11,14,18H,4-6,9-10,12H2,1-3H3,(H,19,21). The van der Waals surface area contributed by atoms with Crippen LogP contribution in [0.15, 0.2) is 18.2 Å². The Labute approximate surface area is 127 Å². The number of carbonyl (C=O) groups excluding carboxylic acids is 1. The maximum absolute atomic E-state index is 12.0. The van der Waals surface area contributed by atoms with Gasteiger partial charge in [0.2, 0.25) is 5.91 Å². The first-order valence-electron chi connectivity index (χ1n) is 7.99. The summed E-state index contributed by atoms with van der Waals surface area (Å²) in [6.07, 6.45) is 3.06. The van der Waals surface area contributed by atoms with Crippen molar-refractivity contribution in [2.45, 2.75) is 46.1 Å². The van der Waals surface area contributed by atoms with Gasteiger partial charge in [-0.05, 0) is 57.0 Å². The van der Waals surface area contributed by atoms with Gasteiger partial charge in [-0.3, -0.25) is 4.79 Å². The molecule has 1 aliphatic rings.